The molecule has 0 spiro atoms. The van der Waals surface area contributed by atoms with E-state index in [0.29, 0.717) is 23.6 Å². The normalized spacial score (nSPS) is 16.6. The van der Waals surface area contributed by atoms with Crippen molar-refractivity contribution in [3.05, 3.63) is 59.3 Å². The van der Waals surface area contributed by atoms with E-state index in [9.17, 15) is 4.79 Å². The average Bonchev–Trinajstić information content (AvgIpc) is 3.12. The van der Waals surface area contributed by atoms with Crippen molar-refractivity contribution in [2.75, 3.05) is 6.54 Å². The van der Waals surface area contributed by atoms with Crippen molar-refractivity contribution in [2.24, 2.45) is 0 Å². The van der Waals surface area contributed by atoms with Crippen molar-refractivity contribution in [3.8, 4) is 11.1 Å². The van der Waals surface area contributed by atoms with Gasteiger partial charge >= 0.3 is 0 Å². The molecule has 1 amide bonds. The van der Waals surface area contributed by atoms with Crippen molar-refractivity contribution < 1.29 is 9.32 Å². The van der Waals surface area contributed by atoms with E-state index in [1.54, 1.807) is 19.3 Å². The van der Waals surface area contributed by atoms with Crippen LogP contribution < -0.4 is 0 Å². The minimum Gasteiger partial charge on any atom is -0.361 e. The number of carbonyl (C=O) groups excluding carboxylic acids is 1. The molecular formula is C23H27N5O2. The minimum absolute atomic E-state index is 0.0349. The zero-order chi connectivity index (χ0) is 21.1. The number of likely N-dealkylation sites (tertiary alicyclic amines) is 1. The van der Waals surface area contributed by atoms with Crippen LogP contribution in [0.5, 0.6) is 0 Å². The summed E-state index contributed by atoms with van der Waals surface area (Å²) in [5.41, 5.74) is 4.08. The minimum atomic E-state index is -0.110. The second kappa shape index (κ2) is 8.73. The monoisotopic (exact) mass is 405 g/mol. The molecule has 0 bridgehead atoms. The van der Waals surface area contributed by atoms with E-state index in [1.807, 2.05) is 30.2 Å². The van der Waals surface area contributed by atoms with Crippen LogP contribution in [0.15, 0.2) is 35.2 Å². The molecule has 156 valence electrons. The number of carbonyl (C=O) groups is 1. The van der Waals surface area contributed by atoms with Gasteiger partial charge in [-0.2, -0.15) is 0 Å². The molecule has 4 rings (SSSR count). The molecule has 7 heteroatoms. The molecule has 1 atom stereocenters. The van der Waals surface area contributed by atoms with Gasteiger partial charge in [-0.3, -0.25) is 9.78 Å². The first-order valence-electron chi connectivity index (χ1n) is 10.6. The number of aromatic nitrogens is 4. The fourth-order valence-corrected chi connectivity index (χ4v) is 4.18. The molecule has 30 heavy (non-hydrogen) atoms. The van der Waals surface area contributed by atoms with Crippen LogP contribution in [-0.4, -0.2) is 37.5 Å². The largest absolute Gasteiger partial charge is 0.361 e. The number of hydrogen-bond acceptors (Lipinski definition) is 6. The molecule has 1 saturated heterocycles. The van der Waals surface area contributed by atoms with E-state index in [0.717, 1.165) is 54.7 Å². The summed E-state index contributed by atoms with van der Waals surface area (Å²) in [5.74, 6) is 1.35. The highest BCUT2D eigenvalue weighted by molar-refractivity contribution is 5.96. The number of hydrogen-bond donors (Lipinski definition) is 0. The van der Waals surface area contributed by atoms with Crippen LogP contribution in [-0.2, 0) is 6.42 Å². The lowest BCUT2D eigenvalue weighted by atomic mass is 9.93. The fourth-order valence-electron chi connectivity index (χ4n) is 4.18. The van der Waals surface area contributed by atoms with E-state index in [1.165, 1.54) is 0 Å². The molecule has 7 nitrogen and oxygen atoms in total. The predicted octanol–water partition coefficient (Wildman–Crippen LogP) is 4.46. The third kappa shape index (κ3) is 3.84. The van der Waals surface area contributed by atoms with Crippen LogP contribution in [0.25, 0.3) is 11.1 Å². The van der Waals surface area contributed by atoms with Crippen LogP contribution in [0, 0.1) is 13.8 Å². The Kier molecular flexibility index (Phi) is 5.88. The van der Waals surface area contributed by atoms with Crippen LogP contribution in [0.3, 0.4) is 0 Å². The molecule has 3 aromatic rings. The third-order valence-electron chi connectivity index (χ3n) is 5.66. The zero-order valence-electron chi connectivity index (χ0n) is 17.8. The van der Waals surface area contributed by atoms with Crippen LogP contribution in [0.2, 0.25) is 0 Å². The molecule has 1 unspecified atom stereocenters. The molecular weight excluding hydrogens is 378 g/mol. The summed E-state index contributed by atoms with van der Waals surface area (Å²) in [6, 6.07) is 3.82. The topological polar surface area (TPSA) is 85.0 Å². The average molecular weight is 406 g/mol. The molecule has 0 radical (unpaired) electrons. The Morgan fingerprint density at radius 1 is 1.23 bits per heavy atom. The highest BCUT2D eigenvalue weighted by Gasteiger charge is 2.34. The maximum absolute atomic E-state index is 13.5. The molecule has 0 N–H and O–H groups in total. The number of aryl methyl sites for hydroxylation is 3. The lowest BCUT2D eigenvalue weighted by Crippen LogP contribution is -2.39. The van der Waals surface area contributed by atoms with Gasteiger partial charge in [-0.1, -0.05) is 12.1 Å². The van der Waals surface area contributed by atoms with Gasteiger partial charge in [-0.05, 0) is 57.2 Å². The molecule has 0 aliphatic carbocycles. The second-order valence-electron chi connectivity index (χ2n) is 7.78. The number of piperidine rings is 1. The lowest BCUT2D eigenvalue weighted by molar-refractivity contribution is 0.0604. The Labute approximate surface area is 176 Å². The first-order chi connectivity index (χ1) is 14.6. The standard InChI is InChI=1S/C23H27N5O2/c1-4-7-20-25-14-18(17-9-11-24-12-10-17)22(26-20)19-8-5-6-13-28(19)23(29)21-15(2)27-30-16(21)3/h9-12,14,19H,4-8,13H2,1-3H3. The molecule has 3 aromatic heterocycles. The van der Waals surface area contributed by atoms with E-state index in [4.69, 9.17) is 9.51 Å². The van der Waals surface area contributed by atoms with Crippen molar-refractivity contribution in [1.29, 1.82) is 0 Å². The number of nitrogens with zero attached hydrogens (tertiary/aromatic N) is 5. The van der Waals surface area contributed by atoms with E-state index in [2.05, 4.69) is 22.0 Å². The number of amides is 1. The molecule has 0 saturated carbocycles. The fraction of sp³-hybridized carbons (Fsp3) is 0.435. The molecule has 0 aromatic carbocycles. The number of rotatable bonds is 5. The Bertz CT molecular complexity index is 1010. The summed E-state index contributed by atoms with van der Waals surface area (Å²) in [6.45, 7) is 6.41. The van der Waals surface area contributed by atoms with Gasteiger partial charge in [-0.25, -0.2) is 9.97 Å². The van der Waals surface area contributed by atoms with Gasteiger partial charge in [0, 0.05) is 37.1 Å². The van der Waals surface area contributed by atoms with Gasteiger partial charge in [0.15, 0.2) is 0 Å². The molecule has 1 aliphatic heterocycles. The van der Waals surface area contributed by atoms with Crippen LogP contribution in [0.1, 0.15) is 72.0 Å². The Morgan fingerprint density at radius 2 is 2.03 bits per heavy atom. The van der Waals surface area contributed by atoms with E-state index < -0.39 is 0 Å². The van der Waals surface area contributed by atoms with Crippen molar-refractivity contribution in [2.45, 2.75) is 58.9 Å². The summed E-state index contributed by atoms with van der Waals surface area (Å²) in [4.78, 5) is 29.1. The van der Waals surface area contributed by atoms with E-state index in [-0.39, 0.29) is 11.9 Å². The molecule has 1 fully saturated rings. The third-order valence-corrected chi connectivity index (χ3v) is 5.66. The van der Waals surface area contributed by atoms with Gasteiger partial charge in [-0.15, -0.1) is 0 Å². The summed E-state index contributed by atoms with van der Waals surface area (Å²) >= 11 is 0. The summed E-state index contributed by atoms with van der Waals surface area (Å²) < 4.78 is 5.26. The van der Waals surface area contributed by atoms with Crippen molar-refractivity contribution in [3.63, 3.8) is 0 Å². The van der Waals surface area contributed by atoms with E-state index >= 15 is 0 Å². The Morgan fingerprint density at radius 3 is 2.73 bits per heavy atom. The first-order valence-corrected chi connectivity index (χ1v) is 10.6. The lowest BCUT2D eigenvalue weighted by Gasteiger charge is -2.36. The Hall–Kier alpha value is -3.09. The summed E-state index contributed by atoms with van der Waals surface area (Å²) in [6.07, 6.45) is 10.1. The second-order valence-corrected chi connectivity index (χ2v) is 7.78. The summed E-state index contributed by atoms with van der Waals surface area (Å²) in [5, 5.41) is 3.98. The number of pyridine rings is 1. The summed E-state index contributed by atoms with van der Waals surface area (Å²) in [7, 11) is 0. The van der Waals surface area contributed by atoms with Gasteiger partial charge < -0.3 is 9.42 Å². The maximum Gasteiger partial charge on any atom is 0.259 e. The first kappa shape index (κ1) is 20.2. The molecule has 1 aliphatic rings. The zero-order valence-corrected chi connectivity index (χ0v) is 17.8. The maximum atomic E-state index is 13.5. The highest BCUT2D eigenvalue weighted by Crippen LogP contribution is 2.37. The van der Waals surface area contributed by atoms with Crippen molar-refractivity contribution in [1.82, 2.24) is 25.0 Å². The van der Waals surface area contributed by atoms with Crippen LogP contribution in [0.4, 0.5) is 0 Å². The quantitative estimate of drug-likeness (QED) is 0.623. The van der Waals surface area contributed by atoms with Gasteiger partial charge in [0.05, 0.1) is 17.4 Å². The van der Waals surface area contributed by atoms with Crippen molar-refractivity contribution >= 4 is 5.91 Å². The Balaban J connectivity index is 1.80. The van der Waals surface area contributed by atoms with Gasteiger partial charge in [0.25, 0.3) is 5.91 Å². The van der Waals surface area contributed by atoms with Gasteiger partial charge in [0.1, 0.15) is 17.1 Å². The smallest absolute Gasteiger partial charge is 0.259 e. The van der Waals surface area contributed by atoms with Crippen LogP contribution >= 0.6 is 0 Å². The predicted molar refractivity (Wildman–Crippen MR) is 113 cm³/mol. The SMILES string of the molecule is CCCc1ncc(-c2ccncc2)c(C2CCCCN2C(=O)c2c(C)noc2C)n1. The highest BCUT2D eigenvalue weighted by atomic mass is 16.5. The van der Waals surface area contributed by atoms with Gasteiger partial charge in [0.2, 0.25) is 0 Å². The molecule has 4 heterocycles.